The number of nitrogens with zero attached hydrogens (tertiary/aromatic N) is 3. The molecule has 0 radical (unpaired) electrons. The molecule has 0 bridgehead atoms. The third kappa shape index (κ3) is 3.38. The lowest BCUT2D eigenvalue weighted by Gasteiger charge is -2.20. The normalized spacial score (nSPS) is 13.6. The molecule has 0 aliphatic carbocycles. The summed E-state index contributed by atoms with van der Waals surface area (Å²) in [5, 5.41) is 4.30. The molecule has 0 N–H and O–H groups in total. The number of aryl methyl sites for hydroxylation is 3. The number of ether oxygens (including phenoxy) is 2. The molecule has 6 nitrogen and oxygen atoms in total. The third-order valence-electron chi connectivity index (χ3n) is 4.85. The SMILES string of the molecule is COc1cc(-c2ccc(C)s2)cc2c1OCCN(C(=O)c1cc(C)nn1C)C2. The van der Waals surface area contributed by atoms with Gasteiger partial charge < -0.3 is 14.4 Å². The van der Waals surface area contributed by atoms with Crippen LogP contribution in [0.5, 0.6) is 11.5 Å². The van der Waals surface area contributed by atoms with Gasteiger partial charge in [-0.3, -0.25) is 9.48 Å². The fourth-order valence-electron chi connectivity index (χ4n) is 3.51. The summed E-state index contributed by atoms with van der Waals surface area (Å²) in [6.45, 7) is 5.37. The van der Waals surface area contributed by atoms with Crippen LogP contribution in [0.2, 0.25) is 0 Å². The van der Waals surface area contributed by atoms with Crippen molar-refractivity contribution in [3.8, 4) is 21.9 Å². The molecule has 1 aliphatic heterocycles. The number of thiophene rings is 1. The topological polar surface area (TPSA) is 56.6 Å². The van der Waals surface area contributed by atoms with E-state index in [4.69, 9.17) is 9.47 Å². The van der Waals surface area contributed by atoms with Gasteiger partial charge in [-0.25, -0.2) is 0 Å². The highest BCUT2D eigenvalue weighted by molar-refractivity contribution is 7.15. The van der Waals surface area contributed by atoms with E-state index in [1.54, 1.807) is 30.2 Å². The molecule has 0 spiro atoms. The van der Waals surface area contributed by atoms with E-state index in [0.717, 1.165) is 22.6 Å². The number of carbonyl (C=O) groups is 1. The first-order chi connectivity index (χ1) is 13.5. The molecular weight excluding hydrogens is 374 g/mol. The van der Waals surface area contributed by atoms with Gasteiger partial charge in [0, 0.05) is 28.9 Å². The Morgan fingerprint density at radius 2 is 2.07 bits per heavy atom. The average molecular weight is 398 g/mol. The summed E-state index contributed by atoms with van der Waals surface area (Å²) in [5.41, 5.74) is 3.43. The van der Waals surface area contributed by atoms with Crippen molar-refractivity contribution in [2.24, 2.45) is 7.05 Å². The summed E-state index contributed by atoms with van der Waals surface area (Å²) in [6, 6.07) is 10.1. The molecule has 0 saturated carbocycles. The van der Waals surface area contributed by atoms with Gasteiger partial charge in [-0.2, -0.15) is 5.10 Å². The van der Waals surface area contributed by atoms with Gasteiger partial charge in [0.2, 0.25) is 0 Å². The van der Waals surface area contributed by atoms with Crippen molar-refractivity contribution < 1.29 is 14.3 Å². The molecule has 3 heterocycles. The molecule has 2 aromatic heterocycles. The fourth-order valence-corrected chi connectivity index (χ4v) is 4.37. The van der Waals surface area contributed by atoms with Gasteiger partial charge in [0.25, 0.3) is 5.91 Å². The van der Waals surface area contributed by atoms with E-state index in [1.165, 1.54) is 9.75 Å². The quantitative estimate of drug-likeness (QED) is 0.674. The van der Waals surface area contributed by atoms with Crippen LogP contribution < -0.4 is 9.47 Å². The van der Waals surface area contributed by atoms with E-state index in [-0.39, 0.29) is 5.91 Å². The van der Waals surface area contributed by atoms with Crippen molar-refractivity contribution in [3.05, 3.63) is 52.2 Å². The first kappa shape index (κ1) is 18.6. The lowest BCUT2D eigenvalue weighted by Crippen LogP contribution is -2.33. The highest BCUT2D eigenvalue weighted by Gasteiger charge is 2.26. The maximum atomic E-state index is 13.1. The Hall–Kier alpha value is -2.80. The minimum Gasteiger partial charge on any atom is -0.493 e. The Balaban J connectivity index is 1.72. The van der Waals surface area contributed by atoms with Crippen LogP contribution in [0.4, 0.5) is 0 Å². The van der Waals surface area contributed by atoms with Crippen LogP contribution in [0.3, 0.4) is 0 Å². The highest BCUT2D eigenvalue weighted by Crippen LogP contribution is 2.40. The Bertz CT molecular complexity index is 1040. The number of fused-ring (bicyclic) bond motifs is 1. The van der Waals surface area contributed by atoms with Crippen molar-refractivity contribution in [1.29, 1.82) is 0 Å². The molecule has 28 heavy (non-hydrogen) atoms. The van der Waals surface area contributed by atoms with Gasteiger partial charge in [-0.05, 0) is 49.7 Å². The minimum absolute atomic E-state index is 0.0455. The van der Waals surface area contributed by atoms with Crippen LogP contribution >= 0.6 is 11.3 Å². The first-order valence-corrected chi connectivity index (χ1v) is 9.98. The Morgan fingerprint density at radius 3 is 2.71 bits per heavy atom. The van der Waals surface area contributed by atoms with Crippen LogP contribution in [0.15, 0.2) is 30.3 Å². The van der Waals surface area contributed by atoms with Crippen LogP contribution in [-0.2, 0) is 13.6 Å². The van der Waals surface area contributed by atoms with Gasteiger partial charge in [0.15, 0.2) is 11.5 Å². The van der Waals surface area contributed by atoms with Crippen LogP contribution in [0, 0.1) is 13.8 Å². The van der Waals surface area contributed by atoms with E-state index >= 15 is 0 Å². The van der Waals surface area contributed by atoms with E-state index in [9.17, 15) is 4.79 Å². The number of amides is 1. The summed E-state index contributed by atoms with van der Waals surface area (Å²) in [4.78, 5) is 17.3. The lowest BCUT2D eigenvalue weighted by atomic mass is 10.1. The standard InChI is InChI=1S/C21H23N3O3S/c1-13-9-17(23(3)22-13)21(25)24-7-8-27-20-16(12-24)10-15(11-18(20)26-4)19-6-5-14(2)28-19/h5-6,9-11H,7-8,12H2,1-4H3. The largest absolute Gasteiger partial charge is 0.493 e. The van der Waals surface area contributed by atoms with E-state index in [2.05, 4.69) is 30.2 Å². The smallest absolute Gasteiger partial charge is 0.272 e. The summed E-state index contributed by atoms with van der Waals surface area (Å²) >= 11 is 1.74. The van der Waals surface area contributed by atoms with Crippen LogP contribution in [0.1, 0.15) is 26.6 Å². The predicted octanol–water partition coefficient (Wildman–Crippen LogP) is 3.81. The predicted molar refractivity (Wildman–Crippen MR) is 109 cm³/mol. The van der Waals surface area contributed by atoms with E-state index in [0.29, 0.717) is 31.1 Å². The molecule has 1 amide bonds. The number of rotatable bonds is 3. The van der Waals surface area contributed by atoms with Gasteiger partial charge in [-0.1, -0.05) is 0 Å². The number of hydrogen-bond donors (Lipinski definition) is 0. The van der Waals surface area contributed by atoms with Gasteiger partial charge in [0.1, 0.15) is 12.3 Å². The number of benzene rings is 1. The Morgan fingerprint density at radius 1 is 1.25 bits per heavy atom. The fraction of sp³-hybridized carbons (Fsp3) is 0.333. The summed E-state index contributed by atoms with van der Waals surface area (Å²) in [7, 11) is 3.44. The minimum atomic E-state index is -0.0455. The van der Waals surface area contributed by atoms with Crippen LogP contribution in [0.25, 0.3) is 10.4 Å². The van der Waals surface area contributed by atoms with Gasteiger partial charge >= 0.3 is 0 Å². The maximum absolute atomic E-state index is 13.1. The molecule has 4 rings (SSSR count). The van der Waals surface area contributed by atoms with Crippen molar-refractivity contribution in [3.63, 3.8) is 0 Å². The molecule has 1 aromatic carbocycles. The van der Waals surface area contributed by atoms with E-state index in [1.807, 2.05) is 24.0 Å². The first-order valence-electron chi connectivity index (χ1n) is 9.16. The van der Waals surface area contributed by atoms with Crippen molar-refractivity contribution in [2.75, 3.05) is 20.3 Å². The summed E-state index contributed by atoms with van der Waals surface area (Å²) < 4.78 is 13.2. The second kappa shape index (κ2) is 7.31. The van der Waals surface area contributed by atoms with Crippen molar-refractivity contribution >= 4 is 17.2 Å². The van der Waals surface area contributed by atoms with Crippen molar-refractivity contribution in [1.82, 2.24) is 14.7 Å². The molecule has 146 valence electrons. The third-order valence-corrected chi connectivity index (χ3v) is 5.90. The average Bonchev–Trinajstić information content (AvgIpc) is 3.17. The monoisotopic (exact) mass is 397 g/mol. The second-order valence-corrected chi connectivity index (χ2v) is 8.23. The number of methoxy groups -OCH3 is 1. The molecule has 0 unspecified atom stereocenters. The molecule has 1 aliphatic rings. The molecule has 7 heteroatoms. The second-order valence-electron chi connectivity index (χ2n) is 6.95. The van der Waals surface area contributed by atoms with E-state index < -0.39 is 0 Å². The zero-order valence-electron chi connectivity index (χ0n) is 16.5. The molecule has 0 saturated heterocycles. The highest BCUT2D eigenvalue weighted by atomic mass is 32.1. The van der Waals surface area contributed by atoms with Crippen molar-refractivity contribution in [2.45, 2.75) is 20.4 Å². The Labute approximate surface area is 168 Å². The molecular formula is C21H23N3O3S. The number of carbonyl (C=O) groups excluding carboxylic acids is 1. The molecule has 0 fully saturated rings. The number of aromatic nitrogens is 2. The maximum Gasteiger partial charge on any atom is 0.272 e. The van der Waals surface area contributed by atoms with Gasteiger partial charge in [-0.15, -0.1) is 11.3 Å². The summed E-state index contributed by atoms with van der Waals surface area (Å²) in [6.07, 6.45) is 0. The Kier molecular flexibility index (Phi) is 4.85. The van der Waals surface area contributed by atoms with Gasteiger partial charge in [0.05, 0.1) is 19.3 Å². The zero-order chi connectivity index (χ0) is 19.8. The zero-order valence-corrected chi connectivity index (χ0v) is 17.3. The molecule has 3 aromatic rings. The summed E-state index contributed by atoms with van der Waals surface area (Å²) in [5.74, 6) is 1.37. The molecule has 0 atom stereocenters. The number of hydrogen-bond acceptors (Lipinski definition) is 5. The lowest BCUT2D eigenvalue weighted by molar-refractivity contribution is 0.0722. The van der Waals surface area contributed by atoms with Crippen LogP contribution in [-0.4, -0.2) is 40.8 Å².